The van der Waals surface area contributed by atoms with Gasteiger partial charge in [0.2, 0.25) is 0 Å². The normalized spacial score (nSPS) is 28.5. The van der Waals surface area contributed by atoms with Gasteiger partial charge in [-0.1, -0.05) is 6.07 Å². The summed E-state index contributed by atoms with van der Waals surface area (Å²) in [5.41, 5.74) is 1.34. The van der Waals surface area contributed by atoms with Gasteiger partial charge in [-0.15, -0.1) is 0 Å². The van der Waals surface area contributed by atoms with E-state index < -0.39 is 0 Å². The molecular weight excluding hydrogens is 288 g/mol. The Balaban J connectivity index is 1.49. The van der Waals surface area contributed by atoms with Crippen LogP contribution in [0.3, 0.4) is 0 Å². The van der Waals surface area contributed by atoms with Crippen molar-refractivity contribution in [3.63, 3.8) is 0 Å². The van der Waals surface area contributed by atoms with Crippen LogP contribution in [0.1, 0.15) is 42.8 Å². The second-order valence-corrected chi connectivity index (χ2v) is 6.68. The van der Waals surface area contributed by atoms with Crippen molar-refractivity contribution >= 4 is 0 Å². The van der Waals surface area contributed by atoms with Crippen LogP contribution < -0.4 is 0 Å². The molecule has 0 aromatic carbocycles. The van der Waals surface area contributed by atoms with Crippen molar-refractivity contribution in [1.82, 2.24) is 19.4 Å². The van der Waals surface area contributed by atoms with E-state index in [-0.39, 0.29) is 6.10 Å². The highest BCUT2D eigenvalue weighted by molar-refractivity contribution is 5.15. The zero-order valence-electron chi connectivity index (χ0n) is 13.6. The van der Waals surface area contributed by atoms with Crippen LogP contribution in [0.5, 0.6) is 0 Å². The van der Waals surface area contributed by atoms with Gasteiger partial charge in [-0.2, -0.15) is 0 Å². The highest BCUT2D eigenvalue weighted by Gasteiger charge is 2.36. The lowest BCUT2D eigenvalue weighted by Gasteiger charge is -2.29. The molecule has 0 N–H and O–H groups in total. The first-order valence-electron chi connectivity index (χ1n) is 8.56. The number of aromatic nitrogens is 3. The number of likely N-dealkylation sites (tertiary alicyclic amines) is 1. The van der Waals surface area contributed by atoms with Crippen molar-refractivity contribution in [2.75, 3.05) is 19.7 Å². The number of imidazole rings is 1. The third-order valence-electron chi connectivity index (χ3n) is 5.23. The van der Waals surface area contributed by atoms with Gasteiger partial charge in [-0.3, -0.25) is 9.88 Å². The van der Waals surface area contributed by atoms with Crippen LogP contribution in [0.2, 0.25) is 0 Å². The lowest BCUT2D eigenvalue weighted by atomic mass is 9.98. The molecule has 4 rings (SSSR count). The maximum atomic E-state index is 6.02. The maximum absolute atomic E-state index is 6.02. The molecule has 2 aromatic rings. The zero-order chi connectivity index (χ0) is 15.6. The molecule has 0 spiro atoms. The fourth-order valence-corrected chi connectivity index (χ4v) is 4.05. The zero-order valence-corrected chi connectivity index (χ0v) is 13.6. The number of pyridine rings is 1. The van der Waals surface area contributed by atoms with Crippen LogP contribution in [0.4, 0.5) is 0 Å². The Bertz CT molecular complexity index is 641. The summed E-state index contributed by atoms with van der Waals surface area (Å²) >= 11 is 0. The van der Waals surface area contributed by atoms with Crippen LogP contribution in [0.15, 0.2) is 36.9 Å². The van der Waals surface area contributed by atoms with Gasteiger partial charge in [0.25, 0.3) is 0 Å². The molecular formula is C18H24N4O. The van der Waals surface area contributed by atoms with Crippen molar-refractivity contribution in [3.05, 3.63) is 48.3 Å². The van der Waals surface area contributed by atoms with Crippen LogP contribution in [-0.4, -0.2) is 39.1 Å². The molecule has 0 amide bonds. The third-order valence-corrected chi connectivity index (χ3v) is 5.23. The Morgan fingerprint density at radius 2 is 2.26 bits per heavy atom. The fraction of sp³-hybridized carbons (Fsp3) is 0.556. The van der Waals surface area contributed by atoms with Crippen molar-refractivity contribution < 1.29 is 4.74 Å². The van der Waals surface area contributed by atoms with E-state index in [2.05, 4.69) is 32.5 Å². The maximum Gasteiger partial charge on any atom is 0.137 e. The molecule has 2 aromatic heterocycles. The third kappa shape index (κ3) is 2.91. The van der Waals surface area contributed by atoms with Crippen molar-refractivity contribution in [3.8, 4) is 0 Å². The van der Waals surface area contributed by atoms with Gasteiger partial charge in [0.05, 0.1) is 0 Å². The number of hydrogen-bond acceptors (Lipinski definition) is 4. The second kappa shape index (κ2) is 6.42. The number of nitrogens with zero attached hydrogens (tertiary/aromatic N) is 4. The van der Waals surface area contributed by atoms with Gasteiger partial charge in [0.15, 0.2) is 0 Å². The topological polar surface area (TPSA) is 43.2 Å². The number of ether oxygens (including phenoxy) is 1. The summed E-state index contributed by atoms with van der Waals surface area (Å²) in [6.45, 7) is 3.09. The summed E-state index contributed by atoms with van der Waals surface area (Å²) < 4.78 is 8.11. The van der Waals surface area contributed by atoms with Crippen LogP contribution >= 0.6 is 0 Å². The Morgan fingerprint density at radius 1 is 1.30 bits per heavy atom. The number of aryl methyl sites for hydroxylation is 1. The van der Waals surface area contributed by atoms with Crippen LogP contribution in [0.25, 0.3) is 0 Å². The molecule has 2 aliphatic rings. The van der Waals surface area contributed by atoms with E-state index in [4.69, 9.17) is 4.74 Å². The quantitative estimate of drug-likeness (QED) is 0.870. The predicted octanol–water partition coefficient (Wildman–Crippen LogP) is 2.73. The molecule has 3 atom stereocenters. The molecule has 5 nitrogen and oxygen atoms in total. The Kier molecular flexibility index (Phi) is 4.14. The summed E-state index contributed by atoms with van der Waals surface area (Å²) in [5.74, 6) is 1.58. The fourth-order valence-electron chi connectivity index (χ4n) is 4.05. The number of rotatable bonds is 4. The van der Waals surface area contributed by atoms with E-state index in [1.807, 2.05) is 30.9 Å². The van der Waals surface area contributed by atoms with E-state index in [0.29, 0.717) is 12.0 Å². The van der Waals surface area contributed by atoms with E-state index >= 15 is 0 Å². The smallest absolute Gasteiger partial charge is 0.137 e. The molecule has 0 aliphatic carbocycles. The van der Waals surface area contributed by atoms with Gasteiger partial charge in [0.1, 0.15) is 11.9 Å². The highest BCUT2D eigenvalue weighted by atomic mass is 16.5. The Labute approximate surface area is 137 Å². The molecule has 5 heteroatoms. The molecule has 1 unspecified atom stereocenters. The number of hydrogen-bond donors (Lipinski definition) is 0. The first-order valence-corrected chi connectivity index (χ1v) is 8.56. The molecule has 0 bridgehead atoms. The largest absolute Gasteiger partial charge is 0.370 e. The predicted molar refractivity (Wildman–Crippen MR) is 87.8 cm³/mol. The first-order chi connectivity index (χ1) is 11.3. The van der Waals surface area contributed by atoms with Crippen molar-refractivity contribution in [1.29, 1.82) is 0 Å². The Morgan fingerprint density at radius 3 is 3.04 bits per heavy atom. The summed E-state index contributed by atoms with van der Waals surface area (Å²) in [4.78, 5) is 11.4. The average molecular weight is 312 g/mol. The molecule has 23 heavy (non-hydrogen) atoms. The van der Waals surface area contributed by atoms with E-state index in [1.165, 1.54) is 24.9 Å². The lowest BCUT2D eigenvalue weighted by molar-refractivity contribution is 0.0675. The molecule has 2 fully saturated rings. The molecule has 4 heterocycles. The molecule has 0 saturated carbocycles. The minimum atomic E-state index is 0.130. The van der Waals surface area contributed by atoms with Gasteiger partial charge < -0.3 is 9.30 Å². The minimum Gasteiger partial charge on any atom is -0.370 e. The van der Waals surface area contributed by atoms with Crippen molar-refractivity contribution in [2.24, 2.45) is 13.0 Å². The van der Waals surface area contributed by atoms with Gasteiger partial charge in [0, 0.05) is 56.9 Å². The average Bonchev–Trinajstić information content (AvgIpc) is 3.30. The molecule has 0 radical (unpaired) electrons. The van der Waals surface area contributed by atoms with E-state index in [9.17, 15) is 0 Å². The summed E-state index contributed by atoms with van der Waals surface area (Å²) in [7, 11) is 2.05. The highest BCUT2D eigenvalue weighted by Crippen LogP contribution is 2.38. The lowest BCUT2D eigenvalue weighted by Crippen LogP contribution is -2.31. The summed E-state index contributed by atoms with van der Waals surface area (Å²) in [6, 6.07) is 4.75. The van der Waals surface area contributed by atoms with Gasteiger partial charge in [-0.25, -0.2) is 4.98 Å². The van der Waals surface area contributed by atoms with Gasteiger partial charge >= 0.3 is 0 Å². The van der Waals surface area contributed by atoms with Crippen LogP contribution in [-0.2, 0) is 11.8 Å². The summed E-state index contributed by atoms with van der Waals surface area (Å²) in [6.07, 6.45) is 11.5. The van der Waals surface area contributed by atoms with Gasteiger partial charge in [-0.05, 0) is 37.4 Å². The monoisotopic (exact) mass is 312 g/mol. The summed E-state index contributed by atoms with van der Waals surface area (Å²) in [5, 5.41) is 0. The standard InChI is InChI=1S/C18H24N4O/c1-21-10-8-20-18(21)17-15(6-11-23-17)13-22-9-3-5-16(22)14-4-2-7-19-12-14/h2,4,7-8,10,12,15-17H,3,5-6,9,11,13H2,1H3/t15-,16?,17+/m0/s1. The molecule has 2 aliphatic heterocycles. The van der Waals surface area contributed by atoms with E-state index in [1.54, 1.807) is 0 Å². The van der Waals surface area contributed by atoms with Crippen LogP contribution in [0, 0.1) is 5.92 Å². The Hall–Kier alpha value is -1.72. The molecule has 2 saturated heterocycles. The second-order valence-electron chi connectivity index (χ2n) is 6.68. The first kappa shape index (κ1) is 14.8. The molecule has 122 valence electrons. The van der Waals surface area contributed by atoms with E-state index in [0.717, 1.165) is 25.4 Å². The SMILES string of the molecule is Cn1ccnc1[C@@H]1OCC[C@H]1CN1CCCC1c1cccnc1. The minimum absolute atomic E-state index is 0.130. The van der Waals surface area contributed by atoms with Crippen molar-refractivity contribution in [2.45, 2.75) is 31.4 Å².